The molecule has 0 aliphatic carbocycles. The predicted octanol–water partition coefficient (Wildman–Crippen LogP) is 1.58. The Balaban J connectivity index is 2.12. The van der Waals surface area contributed by atoms with E-state index in [-0.39, 0.29) is 24.0 Å². The molecule has 1 aliphatic rings. The van der Waals surface area contributed by atoms with Gasteiger partial charge < -0.3 is 4.79 Å². The van der Waals surface area contributed by atoms with Crippen molar-refractivity contribution in [1.29, 1.82) is 0 Å². The van der Waals surface area contributed by atoms with Crippen molar-refractivity contribution < 1.29 is 14.4 Å². The van der Waals surface area contributed by atoms with Gasteiger partial charge in [0.05, 0.1) is 6.42 Å². The fourth-order valence-corrected chi connectivity index (χ4v) is 2.11. The van der Waals surface area contributed by atoms with Crippen LogP contribution < -0.4 is 0 Å². The van der Waals surface area contributed by atoms with E-state index in [1.54, 1.807) is 18.2 Å². The molecular weight excluding hydrogens is 230 g/mol. The van der Waals surface area contributed by atoms with Crippen LogP contribution in [-0.4, -0.2) is 29.0 Å². The van der Waals surface area contributed by atoms with Crippen LogP contribution in [0.4, 0.5) is 0 Å². The van der Waals surface area contributed by atoms with E-state index in [2.05, 4.69) is 0 Å². The second-order valence-corrected chi connectivity index (χ2v) is 4.49. The maximum Gasteiger partial charge on any atom is 0.260 e. The van der Waals surface area contributed by atoms with Crippen molar-refractivity contribution in [3.8, 4) is 0 Å². The van der Waals surface area contributed by atoms with E-state index in [1.165, 1.54) is 11.8 Å². The SMILES string of the molecule is CC(=O)CCCN1C(=O)Cc2ccccc2C1=O. The van der Waals surface area contributed by atoms with Crippen molar-refractivity contribution in [3.63, 3.8) is 0 Å². The number of nitrogens with zero attached hydrogens (tertiary/aromatic N) is 1. The molecule has 2 amide bonds. The van der Waals surface area contributed by atoms with E-state index in [0.29, 0.717) is 24.9 Å². The molecule has 18 heavy (non-hydrogen) atoms. The first-order chi connectivity index (χ1) is 8.59. The molecule has 0 unspecified atom stereocenters. The zero-order valence-electron chi connectivity index (χ0n) is 10.3. The van der Waals surface area contributed by atoms with E-state index < -0.39 is 0 Å². The Labute approximate surface area is 106 Å². The van der Waals surface area contributed by atoms with E-state index in [0.717, 1.165) is 5.56 Å². The molecule has 0 bridgehead atoms. The molecule has 4 heteroatoms. The fourth-order valence-electron chi connectivity index (χ4n) is 2.11. The summed E-state index contributed by atoms with van der Waals surface area (Å²) in [6, 6.07) is 7.16. The summed E-state index contributed by atoms with van der Waals surface area (Å²) in [6.07, 6.45) is 1.20. The number of hydrogen-bond acceptors (Lipinski definition) is 3. The smallest absolute Gasteiger partial charge is 0.260 e. The first kappa shape index (κ1) is 12.5. The number of hydrogen-bond donors (Lipinski definition) is 0. The van der Waals surface area contributed by atoms with Gasteiger partial charge in [0.25, 0.3) is 5.91 Å². The van der Waals surface area contributed by atoms with Gasteiger partial charge in [-0.2, -0.15) is 0 Å². The first-order valence-corrected chi connectivity index (χ1v) is 6.01. The molecule has 0 atom stereocenters. The Morgan fingerprint density at radius 1 is 1.28 bits per heavy atom. The van der Waals surface area contributed by atoms with Crippen molar-refractivity contribution >= 4 is 17.6 Å². The van der Waals surface area contributed by atoms with E-state index >= 15 is 0 Å². The average molecular weight is 245 g/mol. The van der Waals surface area contributed by atoms with Gasteiger partial charge in [0.2, 0.25) is 5.91 Å². The first-order valence-electron chi connectivity index (χ1n) is 6.01. The van der Waals surface area contributed by atoms with Crippen LogP contribution in [-0.2, 0) is 16.0 Å². The van der Waals surface area contributed by atoms with Crippen molar-refractivity contribution in [1.82, 2.24) is 4.90 Å². The fraction of sp³-hybridized carbons (Fsp3) is 0.357. The van der Waals surface area contributed by atoms with Gasteiger partial charge in [-0.05, 0) is 25.0 Å². The highest BCUT2D eigenvalue weighted by atomic mass is 16.2. The quantitative estimate of drug-likeness (QED) is 0.757. The number of ketones is 1. The van der Waals surface area contributed by atoms with Crippen molar-refractivity contribution in [3.05, 3.63) is 35.4 Å². The molecule has 0 saturated heterocycles. The Morgan fingerprint density at radius 2 is 2.00 bits per heavy atom. The van der Waals surface area contributed by atoms with Crippen LogP contribution in [0.15, 0.2) is 24.3 Å². The van der Waals surface area contributed by atoms with Crippen molar-refractivity contribution in [2.45, 2.75) is 26.2 Å². The molecule has 0 saturated carbocycles. The standard InChI is InChI=1S/C14H15NO3/c1-10(16)5-4-8-15-13(17)9-11-6-2-3-7-12(11)14(15)18/h2-3,6-7H,4-5,8-9H2,1H3. The molecule has 4 nitrogen and oxygen atoms in total. The molecule has 0 N–H and O–H groups in total. The Hall–Kier alpha value is -1.97. The highest BCUT2D eigenvalue weighted by molar-refractivity contribution is 6.09. The minimum absolute atomic E-state index is 0.0762. The molecular formula is C14H15NO3. The zero-order chi connectivity index (χ0) is 13.1. The van der Waals surface area contributed by atoms with Gasteiger partial charge in [0.15, 0.2) is 0 Å². The van der Waals surface area contributed by atoms with Crippen LogP contribution >= 0.6 is 0 Å². The average Bonchev–Trinajstić information content (AvgIpc) is 2.33. The summed E-state index contributed by atoms with van der Waals surface area (Å²) in [5.74, 6) is -0.347. The third kappa shape index (κ3) is 2.47. The van der Waals surface area contributed by atoms with Gasteiger partial charge in [-0.1, -0.05) is 18.2 Å². The molecule has 0 fully saturated rings. The number of imide groups is 1. The van der Waals surface area contributed by atoms with Gasteiger partial charge in [0.1, 0.15) is 5.78 Å². The second kappa shape index (κ2) is 5.12. The van der Waals surface area contributed by atoms with E-state index in [1.807, 2.05) is 6.07 Å². The normalized spacial score (nSPS) is 14.6. The van der Waals surface area contributed by atoms with E-state index in [9.17, 15) is 14.4 Å². The summed E-state index contributed by atoms with van der Waals surface area (Å²) in [5.41, 5.74) is 1.38. The number of Topliss-reactive ketones (excluding diaryl/α,β-unsaturated/α-hetero) is 1. The van der Waals surface area contributed by atoms with Gasteiger partial charge in [0, 0.05) is 18.5 Å². The second-order valence-electron chi connectivity index (χ2n) is 4.49. The lowest BCUT2D eigenvalue weighted by Gasteiger charge is -2.26. The summed E-state index contributed by atoms with van der Waals surface area (Å²) < 4.78 is 0. The number of fused-ring (bicyclic) bond motifs is 1. The van der Waals surface area contributed by atoms with Crippen LogP contribution in [0.1, 0.15) is 35.7 Å². The van der Waals surface area contributed by atoms with Crippen molar-refractivity contribution in [2.24, 2.45) is 0 Å². The number of carbonyl (C=O) groups excluding carboxylic acids is 3. The maximum absolute atomic E-state index is 12.1. The van der Waals surface area contributed by atoms with Gasteiger partial charge in [-0.3, -0.25) is 14.5 Å². The Bertz CT molecular complexity index is 508. The largest absolute Gasteiger partial charge is 0.300 e. The van der Waals surface area contributed by atoms with Gasteiger partial charge in [-0.25, -0.2) is 0 Å². The molecule has 2 rings (SSSR count). The number of benzene rings is 1. The maximum atomic E-state index is 12.1. The lowest BCUT2D eigenvalue weighted by molar-refractivity contribution is -0.128. The molecule has 0 aromatic heterocycles. The lowest BCUT2D eigenvalue weighted by Crippen LogP contribution is -2.42. The molecule has 1 aliphatic heterocycles. The van der Waals surface area contributed by atoms with Crippen LogP contribution in [0.2, 0.25) is 0 Å². The van der Waals surface area contributed by atoms with Crippen LogP contribution in [0.25, 0.3) is 0 Å². The number of amides is 2. The highest BCUT2D eigenvalue weighted by Gasteiger charge is 2.29. The van der Waals surface area contributed by atoms with Gasteiger partial charge in [-0.15, -0.1) is 0 Å². The van der Waals surface area contributed by atoms with E-state index in [4.69, 9.17) is 0 Å². The molecule has 1 aromatic rings. The van der Waals surface area contributed by atoms with Crippen molar-refractivity contribution in [2.75, 3.05) is 6.54 Å². The lowest BCUT2D eigenvalue weighted by atomic mass is 9.98. The summed E-state index contributed by atoms with van der Waals surface area (Å²) in [5, 5.41) is 0. The monoisotopic (exact) mass is 245 g/mol. The molecule has 94 valence electrons. The summed E-state index contributed by atoms with van der Waals surface area (Å²) in [7, 11) is 0. The van der Waals surface area contributed by atoms with Crippen LogP contribution in [0.5, 0.6) is 0 Å². The minimum atomic E-state index is -0.245. The minimum Gasteiger partial charge on any atom is -0.300 e. The molecule has 0 spiro atoms. The predicted molar refractivity (Wildman–Crippen MR) is 66.1 cm³/mol. The topological polar surface area (TPSA) is 54.5 Å². The molecule has 1 aromatic carbocycles. The summed E-state index contributed by atoms with van der Waals surface area (Å²) in [4.78, 5) is 36.1. The number of rotatable bonds is 4. The molecule has 1 heterocycles. The Kier molecular flexibility index (Phi) is 3.55. The van der Waals surface area contributed by atoms with Crippen LogP contribution in [0.3, 0.4) is 0 Å². The highest BCUT2D eigenvalue weighted by Crippen LogP contribution is 2.19. The van der Waals surface area contributed by atoms with Gasteiger partial charge >= 0.3 is 0 Å². The third-order valence-corrected chi connectivity index (χ3v) is 3.05. The zero-order valence-corrected chi connectivity index (χ0v) is 10.3. The molecule has 0 radical (unpaired) electrons. The van der Waals surface area contributed by atoms with Crippen LogP contribution in [0, 0.1) is 0 Å². The summed E-state index contributed by atoms with van der Waals surface area (Å²) in [6.45, 7) is 1.83. The Morgan fingerprint density at radius 3 is 2.72 bits per heavy atom. The third-order valence-electron chi connectivity index (χ3n) is 3.05. The number of carbonyl (C=O) groups is 3. The summed E-state index contributed by atoms with van der Waals surface area (Å²) >= 11 is 0.